The third kappa shape index (κ3) is 12.4. The highest BCUT2D eigenvalue weighted by atomic mass is 16.7. The van der Waals surface area contributed by atoms with Crippen molar-refractivity contribution >= 4 is 23.9 Å². The van der Waals surface area contributed by atoms with Crippen LogP contribution in [-0.2, 0) is 55.8 Å². The Kier molecular flexibility index (Phi) is 15.1. The van der Waals surface area contributed by atoms with Crippen molar-refractivity contribution in [1.29, 1.82) is 0 Å². The van der Waals surface area contributed by atoms with Crippen molar-refractivity contribution in [3.8, 4) is 11.6 Å². The third-order valence-corrected chi connectivity index (χ3v) is 9.20. The van der Waals surface area contributed by atoms with Crippen LogP contribution in [0.3, 0.4) is 0 Å². The number of aromatic hydroxyl groups is 1. The molecule has 14 heteroatoms. The molecule has 5 atom stereocenters. The van der Waals surface area contributed by atoms with Gasteiger partial charge in [-0.1, -0.05) is 19.9 Å². The monoisotopic (exact) mass is 802 g/mol. The summed E-state index contributed by atoms with van der Waals surface area (Å²) in [6.07, 6.45) is -6.57. The number of phenolic OH excluding ortho intramolecular Hbond substituents is 1. The second kappa shape index (κ2) is 18.2. The van der Waals surface area contributed by atoms with Crippen molar-refractivity contribution in [2.45, 2.75) is 160 Å². The van der Waals surface area contributed by atoms with E-state index in [9.17, 15) is 29.4 Å². The molecule has 1 saturated heterocycles. The quantitative estimate of drug-likeness (QED) is 0.164. The van der Waals surface area contributed by atoms with Crippen molar-refractivity contribution < 1.29 is 57.8 Å². The molecule has 0 spiro atoms. The fraction of sp³-hybridized carbons (Fsp3) is 0.698. The number of carbonyl (C=O) groups is 4. The molecule has 57 heavy (non-hydrogen) atoms. The van der Waals surface area contributed by atoms with Crippen molar-refractivity contribution in [2.75, 3.05) is 13.2 Å². The number of aliphatic hydroxyl groups excluding tert-OH is 1. The Bertz CT molecular complexity index is 1740. The summed E-state index contributed by atoms with van der Waals surface area (Å²) in [6, 6.07) is 5.06. The highest BCUT2D eigenvalue weighted by Crippen LogP contribution is 2.38. The maximum atomic E-state index is 13.8. The van der Waals surface area contributed by atoms with Gasteiger partial charge in [0, 0.05) is 30.8 Å². The average molecular weight is 803 g/mol. The number of aliphatic hydroxyl groups is 1. The number of ether oxygens (including phenoxy) is 6. The summed E-state index contributed by atoms with van der Waals surface area (Å²) in [5.41, 5.74) is -0.838. The smallest absolute Gasteiger partial charge is 0.311 e. The number of carbonyl (C=O) groups excluding carboxylic acids is 4. The molecule has 2 N–H and O–H groups in total. The Balaban J connectivity index is 2.34. The number of hydrogen-bond acceptors (Lipinski definition) is 13. The van der Waals surface area contributed by atoms with Gasteiger partial charge in [0.15, 0.2) is 12.2 Å². The van der Waals surface area contributed by atoms with Crippen LogP contribution < -0.4 is 4.74 Å². The number of benzene rings is 1. The predicted molar refractivity (Wildman–Crippen MR) is 211 cm³/mol. The first-order chi connectivity index (χ1) is 26.1. The van der Waals surface area contributed by atoms with Gasteiger partial charge < -0.3 is 38.6 Å². The molecule has 0 bridgehead atoms. The van der Waals surface area contributed by atoms with E-state index in [1.54, 1.807) is 99.9 Å². The number of phenols is 1. The minimum absolute atomic E-state index is 0.0750. The van der Waals surface area contributed by atoms with E-state index < -0.39 is 82.8 Å². The van der Waals surface area contributed by atoms with E-state index in [0.717, 1.165) is 16.8 Å². The van der Waals surface area contributed by atoms with E-state index in [4.69, 9.17) is 33.5 Å². The molecule has 3 rings (SSSR count). The maximum absolute atomic E-state index is 13.8. The van der Waals surface area contributed by atoms with Crippen molar-refractivity contribution in [1.82, 2.24) is 9.78 Å². The van der Waals surface area contributed by atoms with Gasteiger partial charge in [-0.3, -0.25) is 23.9 Å². The highest BCUT2D eigenvalue weighted by molar-refractivity contribution is 5.78. The van der Waals surface area contributed by atoms with Crippen LogP contribution in [0.25, 0.3) is 0 Å². The van der Waals surface area contributed by atoms with Crippen molar-refractivity contribution in [2.24, 2.45) is 21.7 Å². The summed E-state index contributed by atoms with van der Waals surface area (Å²) in [5.74, 6) is -2.45. The van der Waals surface area contributed by atoms with Crippen LogP contribution in [0.15, 0.2) is 18.2 Å². The fourth-order valence-corrected chi connectivity index (χ4v) is 5.75. The van der Waals surface area contributed by atoms with Gasteiger partial charge in [0.05, 0.1) is 21.7 Å². The minimum Gasteiger partial charge on any atom is -0.508 e. The molecule has 1 unspecified atom stereocenters. The van der Waals surface area contributed by atoms with Crippen LogP contribution in [0.1, 0.15) is 132 Å². The van der Waals surface area contributed by atoms with E-state index >= 15 is 0 Å². The second-order valence-corrected chi connectivity index (χ2v) is 19.3. The first-order valence-corrected chi connectivity index (χ1v) is 19.7. The van der Waals surface area contributed by atoms with E-state index in [-0.39, 0.29) is 24.2 Å². The Hall–Kier alpha value is -4.17. The van der Waals surface area contributed by atoms with Gasteiger partial charge >= 0.3 is 23.9 Å². The van der Waals surface area contributed by atoms with Gasteiger partial charge in [-0.2, -0.15) is 0 Å². The van der Waals surface area contributed by atoms with Gasteiger partial charge in [0.2, 0.25) is 18.3 Å². The average Bonchev–Trinajstić information content (AvgIpc) is 3.40. The third-order valence-electron chi connectivity index (χ3n) is 9.20. The summed E-state index contributed by atoms with van der Waals surface area (Å²) in [7, 11) is 0. The van der Waals surface area contributed by atoms with E-state index in [2.05, 4.69) is 0 Å². The lowest BCUT2D eigenvalue weighted by atomic mass is 9.93. The number of aromatic nitrogens is 2. The van der Waals surface area contributed by atoms with Crippen LogP contribution in [-0.4, -0.2) is 87.8 Å². The minimum atomic E-state index is -1.54. The molecule has 0 amide bonds. The summed E-state index contributed by atoms with van der Waals surface area (Å²) >= 11 is 0. The largest absolute Gasteiger partial charge is 0.508 e. The van der Waals surface area contributed by atoms with Crippen LogP contribution in [0.5, 0.6) is 11.6 Å². The van der Waals surface area contributed by atoms with Gasteiger partial charge in [-0.25, -0.2) is 0 Å². The Labute approximate surface area is 337 Å². The number of rotatable bonds is 13. The molecule has 2 aromatic rings. The topological polar surface area (TPSA) is 182 Å². The van der Waals surface area contributed by atoms with E-state index in [1.807, 2.05) is 26.8 Å². The molecule has 14 nitrogen and oxygen atoms in total. The van der Waals surface area contributed by atoms with Crippen molar-refractivity contribution in [3.63, 3.8) is 0 Å². The maximum Gasteiger partial charge on any atom is 0.311 e. The predicted octanol–water partition coefficient (Wildman–Crippen LogP) is 6.56. The van der Waals surface area contributed by atoms with Crippen LogP contribution in [0.2, 0.25) is 0 Å². The van der Waals surface area contributed by atoms with Crippen molar-refractivity contribution in [3.05, 3.63) is 40.6 Å². The number of hydrogen-bond donors (Lipinski definition) is 2. The molecular weight excluding hydrogens is 736 g/mol. The molecule has 1 aliphatic rings. The van der Waals surface area contributed by atoms with Gasteiger partial charge in [-0.15, -0.1) is 5.10 Å². The first kappa shape index (κ1) is 47.2. The van der Waals surface area contributed by atoms with Crippen LogP contribution in [0.4, 0.5) is 0 Å². The van der Waals surface area contributed by atoms with Gasteiger partial charge in [0.1, 0.15) is 18.5 Å². The number of nitrogens with zero attached hydrogens (tertiary/aromatic N) is 2. The molecule has 1 aliphatic heterocycles. The SMILES string of the molecule is Cc1cc(O)ccc1Cc1c(OC2O[C@H](COC(=O)C(C)(C)C)[C@@H](OC(=O)C(C)(C)C)[C@H](OC(=O)C(C)(C)C)[C@H]2OC(=O)C(C)(C)C)nn(CCCO)c1C(C)C. The Morgan fingerprint density at radius 2 is 1.30 bits per heavy atom. The molecule has 1 aromatic carbocycles. The molecular formula is C43H66N2O12. The van der Waals surface area contributed by atoms with E-state index in [1.165, 1.54) is 0 Å². The lowest BCUT2D eigenvalue weighted by Crippen LogP contribution is -2.65. The first-order valence-electron chi connectivity index (χ1n) is 19.7. The summed E-state index contributed by atoms with van der Waals surface area (Å²) < 4.78 is 39.2. The number of aryl methyl sites for hydroxylation is 2. The molecule has 0 saturated carbocycles. The molecule has 0 radical (unpaired) electrons. The van der Waals surface area contributed by atoms with Crippen LogP contribution in [0, 0.1) is 28.6 Å². The zero-order valence-corrected chi connectivity index (χ0v) is 36.6. The fourth-order valence-electron chi connectivity index (χ4n) is 5.75. The Morgan fingerprint density at radius 3 is 1.77 bits per heavy atom. The second-order valence-electron chi connectivity index (χ2n) is 19.3. The zero-order valence-electron chi connectivity index (χ0n) is 36.6. The normalized spacial score (nSPS) is 20.5. The van der Waals surface area contributed by atoms with E-state index in [0.29, 0.717) is 24.9 Å². The van der Waals surface area contributed by atoms with Crippen LogP contribution >= 0.6 is 0 Å². The summed E-state index contributed by atoms with van der Waals surface area (Å²) in [6.45, 7) is 25.7. The molecule has 1 fully saturated rings. The highest BCUT2D eigenvalue weighted by Gasteiger charge is 2.56. The van der Waals surface area contributed by atoms with Gasteiger partial charge in [-0.05, 0) is 126 Å². The molecule has 320 valence electrons. The summed E-state index contributed by atoms with van der Waals surface area (Å²) in [4.78, 5) is 54.3. The van der Waals surface area contributed by atoms with Gasteiger partial charge in [0.25, 0.3) is 0 Å². The zero-order chi connectivity index (χ0) is 43.4. The Morgan fingerprint density at radius 1 is 0.789 bits per heavy atom. The summed E-state index contributed by atoms with van der Waals surface area (Å²) in [5, 5.41) is 24.8. The lowest BCUT2D eigenvalue weighted by molar-refractivity contribution is -0.294. The number of esters is 4. The molecule has 1 aromatic heterocycles. The standard InChI is InChI=1S/C43H66N2O12/c1-24(2)30-28(22-26-17-18-27(47)21-25(26)3)34(44-45(30)19-16-20-46)57-35-33(56-39(51)43(13,14)15)32(55-38(50)42(10,11)12)31(54-37(49)41(7,8)9)29(53-35)23-52-36(48)40(4,5)6/h17-18,21,24,29,31-33,35,46-47H,16,19-20,22-23H2,1-15H3/t29-,31-,32+,33-,35?/m1/s1. The molecule has 2 heterocycles. The lowest BCUT2D eigenvalue weighted by Gasteiger charge is -2.45. The molecule has 0 aliphatic carbocycles.